The summed E-state index contributed by atoms with van der Waals surface area (Å²) < 4.78 is 5.31. The lowest BCUT2D eigenvalue weighted by Crippen LogP contribution is -2.09. The molecule has 0 aromatic heterocycles. The maximum atomic E-state index is 11.7. The summed E-state index contributed by atoms with van der Waals surface area (Å²) in [4.78, 5) is 11.7. The molecule has 36 heavy (non-hydrogen) atoms. The van der Waals surface area contributed by atoms with E-state index in [1.54, 1.807) is 6.92 Å². The molecule has 0 atom stereocenters. The number of carbonyl (C=O) groups is 1. The van der Waals surface area contributed by atoms with Crippen LogP contribution in [0, 0.1) is 0 Å². The van der Waals surface area contributed by atoms with Gasteiger partial charge in [0, 0.05) is 18.6 Å². The normalized spacial score (nSPS) is 10.9. The van der Waals surface area contributed by atoms with Crippen LogP contribution in [0.1, 0.15) is 62.3 Å². The summed E-state index contributed by atoms with van der Waals surface area (Å²) >= 11 is 0. The SMILES string of the molecule is C=C(C)C(=O)OCCc1cc(-c2ccc(-c3ccc(CCCCC)cc3CC)cc2)ccc1CCO. The van der Waals surface area contributed by atoms with Gasteiger partial charge in [-0.05, 0) is 77.1 Å². The minimum atomic E-state index is -0.370. The van der Waals surface area contributed by atoms with Crippen molar-refractivity contribution in [2.24, 2.45) is 0 Å². The van der Waals surface area contributed by atoms with Crippen LogP contribution in [-0.2, 0) is 35.2 Å². The van der Waals surface area contributed by atoms with Crippen molar-refractivity contribution in [3.8, 4) is 22.3 Å². The van der Waals surface area contributed by atoms with Crippen molar-refractivity contribution >= 4 is 5.97 Å². The Labute approximate surface area is 216 Å². The van der Waals surface area contributed by atoms with Gasteiger partial charge in [-0.15, -0.1) is 0 Å². The number of carbonyl (C=O) groups excluding carboxylic acids is 1. The number of hydrogen-bond acceptors (Lipinski definition) is 3. The van der Waals surface area contributed by atoms with Crippen LogP contribution in [0.25, 0.3) is 22.3 Å². The van der Waals surface area contributed by atoms with E-state index < -0.39 is 0 Å². The highest BCUT2D eigenvalue weighted by Gasteiger charge is 2.10. The molecular formula is C33H40O3. The molecule has 1 N–H and O–H groups in total. The number of unbranched alkanes of at least 4 members (excludes halogenated alkanes) is 2. The third-order valence-corrected chi connectivity index (χ3v) is 6.69. The standard InChI is InChI=1S/C33H40O3/c1-5-7-8-9-25-10-17-32(26(6-2)22-25)29-14-11-27(12-15-29)30-16-13-28(18-20-34)31(23-30)19-21-36-33(35)24(3)4/h10-17,22-23,34H,3,5-9,18-21H2,1-2,4H3. The summed E-state index contributed by atoms with van der Waals surface area (Å²) in [6, 6.07) is 22.0. The zero-order chi connectivity index (χ0) is 25.9. The Bertz CT molecular complexity index is 1160. The van der Waals surface area contributed by atoms with Gasteiger partial charge in [-0.1, -0.05) is 93.9 Å². The Balaban J connectivity index is 1.79. The zero-order valence-corrected chi connectivity index (χ0v) is 22.1. The fourth-order valence-electron chi connectivity index (χ4n) is 4.58. The number of esters is 1. The molecule has 3 aromatic carbocycles. The van der Waals surface area contributed by atoms with Crippen molar-refractivity contribution in [2.75, 3.05) is 13.2 Å². The molecule has 190 valence electrons. The van der Waals surface area contributed by atoms with E-state index in [1.165, 1.54) is 41.5 Å². The van der Waals surface area contributed by atoms with Gasteiger partial charge < -0.3 is 9.84 Å². The van der Waals surface area contributed by atoms with Crippen LogP contribution in [-0.4, -0.2) is 24.3 Å². The van der Waals surface area contributed by atoms with Crippen LogP contribution < -0.4 is 0 Å². The van der Waals surface area contributed by atoms with E-state index in [1.807, 2.05) is 0 Å². The largest absolute Gasteiger partial charge is 0.462 e. The monoisotopic (exact) mass is 484 g/mol. The van der Waals surface area contributed by atoms with Crippen molar-refractivity contribution in [3.05, 3.63) is 95.1 Å². The minimum absolute atomic E-state index is 0.0871. The first-order chi connectivity index (χ1) is 17.5. The summed E-state index contributed by atoms with van der Waals surface area (Å²) in [6.45, 7) is 10.1. The van der Waals surface area contributed by atoms with Gasteiger partial charge >= 0.3 is 5.97 Å². The number of aryl methyl sites for hydroxylation is 2. The van der Waals surface area contributed by atoms with Crippen LogP contribution in [0.15, 0.2) is 72.8 Å². The fourth-order valence-corrected chi connectivity index (χ4v) is 4.58. The summed E-state index contributed by atoms with van der Waals surface area (Å²) in [5, 5.41) is 9.47. The van der Waals surface area contributed by atoms with E-state index in [0.29, 0.717) is 25.0 Å². The molecule has 0 fully saturated rings. The smallest absolute Gasteiger partial charge is 0.333 e. The number of aliphatic hydroxyl groups excluding tert-OH is 1. The van der Waals surface area contributed by atoms with Crippen molar-refractivity contribution in [3.63, 3.8) is 0 Å². The first kappa shape index (κ1) is 27.4. The molecular weight excluding hydrogens is 444 g/mol. The molecule has 0 aliphatic heterocycles. The Hall–Kier alpha value is -3.17. The molecule has 3 aromatic rings. The van der Waals surface area contributed by atoms with E-state index in [-0.39, 0.29) is 12.6 Å². The van der Waals surface area contributed by atoms with Crippen molar-refractivity contribution in [1.82, 2.24) is 0 Å². The molecule has 0 saturated heterocycles. The first-order valence-electron chi connectivity index (χ1n) is 13.2. The molecule has 0 spiro atoms. The van der Waals surface area contributed by atoms with Gasteiger partial charge in [0.25, 0.3) is 0 Å². The summed E-state index contributed by atoms with van der Waals surface area (Å²) in [5.41, 5.74) is 10.2. The third kappa shape index (κ3) is 7.41. The number of ether oxygens (including phenoxy) is 1. The number of rotatable bonds is 13. The topological polar surface area (TPSA) is 46.5 Å². The molecule has 0 amide bonds. The second-order valence-electron chi connectivity index (χ2n) is 9.50. The average molecular weight is 485 g/mol. The summed E-state index contributed by atoms with van der Waals surface area (Å²) in [5.74, 6) is -0.370. The van der Waals surface area contributed by atoms with E-state index in [0.717, 1.165) is 35.1 Å². The molecule has 0 bridgehead atoms. The Kier molecular flexibility index (Phi) is 10.5. The molecule has 0 aliphatic rings. The molecule has 0 heterocycles. The van der Waals surface area contributed by atoms with Crippen molar-refractivity contribution in [2.45, 2.75) is 65.7 Å². The van der Waals surface area contributed by atoms with E-state index in [4.69, 9.17) is 4.74 Å². The Morgan fingerprint density at radius 2 is 1.53 bits per heavy atom. The van der Waals surface area contributed by atoms with Crippen LogP contribution in [0.3, 0.4) is 0 Å². The van der Waals surface area contributed by atoms with E-state index in [2.05, 4.69) is 81.1 Å². The summed E-state index contributed by atoms with van der Waals surface area (Å²) in [6.07, 6.45) is 7.14. The number of aliphatic hydroxyl groups is 1. The number of hydrogen-bond donors (Lipinski definition) is 1. The van der Waals surface area contributed by atoms with Gasteiger partial charge in [0.05, 0.1) is 6.61 Å². The molecule has 3 nitrogen and oxygen atoms in total. The van der Waals surface area contributed by atoms with Gasteiger partial charge in [-0.2, -0.15) is 0 Å². The lowest BCUT2D eigenvalue weighted by atomic mass is 9.92. The second-order valence-corrected chi connectivity index (χ2v) is 9.50. The predicted octanol–water partition coefficient (Wildman–Crippen LogP) is 7.51. The second kappa shape index (κ2) is 13.8. The molecule has 3 rings (SSSR count). The van der Waals surface area contributed by atoms with Crippen molar-refractivity contribution in [1.29, 1.82) is 0 Å². The zero-order valence-electron chi connectivity index (χ0n) is 22.1. The van der Waals surface area contributed by atoms with Gasteiger partial charge in [0.2, 0.25) is 0 Å². The molecule has 0 aliphatic carbocycles. The van der Waals surface area contributed by atoms with E-state index in [9.17, 15) is 9.90 Å². The van der Waals surface area contributed by atoms with Crippen LogP contribution in [0.4, 0.5) is 0 Å². The van der Waals surface area contributed by atoms with Gasteiger partial charge in [-0.25, -0.2) is 4.79 Å². The van der Waals surface area contributed by atoms with Crippen LogP contribution in [0.5, 0.6) is 0 Å². The lowest BCUT2D eigenvalue weighted by Gasteiger charge is -2.14. The van der Waals surface area contributed by atoms with E-state index >= 15 is 0 Å². The van der Waals surface area contributed by atoms with Crippen LogP contribution >= 0.6 is 0 Å². The molecule has 0 radical (unpaired) electrons. The number of benzene rings is 3. The summed E-state index contributed by atoms with van der Waals surface area (Å²) in [7, 11) is 0. The highest BCUT2D eigenvalue weighted by molar-refractivity contribution is 5.86. The van der Waals surface area contributed by atoms with Gasteiger partial charge in [0.15, 0.2) is 0 Å². The average Bonchev–Trinajstić information content (AvgIpc) is 2.89. The maximum Gasteiger partial charge on any atom is 0.333 e. The maximum absolute atomic E-state index is 11.7. The lowest BCUT2D eigenvalue weighted by molar-refractivity contribution is -0.138. The van der Waals surface area contributed by atoms with Gasteiger partial charge in [0.1, 0.15) is 0 Å². The fraction of sp³-hybridized carbons (Fsp3) is 0.364. The molecule has 0 saturated carbocycles. The Morgan fingerprint density at radius 1 is 0.806 bits per heavy atom. The Morgan fingerprint density at radius 3 is 2.19 bits per heavy atom. The third-order valence-electron chi connectivity index (χ3n) is 6.69. The minimum Gasteiger partial charge on any atom is -0.462 e. The van der Waals surface area contributed by atoms with Gasteiger partial charge in [-0.3, -0.25) is 0 Å². The van der Waals surface area contributed by atoms with Crippen LogP contribution in [0.2, 0.25) is 0 Å². The first-order valence-corrected chi connectivity index (χ1v) is 13.2. The quantitative estimate of drug-likeness (QED) is 0.155. The molecule has 0 unspecified atom stereocenters. The predicted molar refractivity (Wildman–Crippen MR) is 150 cm³/mol. The highest BCUT2D eigenvalue weighted by atomic mass is 16.5. The molecule has 3 heteroatoms. The highest BCUT2D eigenvalue weighted by Crippen LogP contribution is 2.30. The van der Waals surface area contributed by atoms with Crippen molar-refractivity contribution < 1.29 is 14.6 Å².